The molecule has 0 radical (unpaired) electrons. The van der Waals surface area contributed by atoms with E-state index in [-0.39, 0.29) is 6.04 Å². The Balaban J connectivity index is 2.11. The van der Waals surface area contributed by atoms with Gasteiger partial charge in [0.15, 0.2) is 23.0 Å². The van der Waals surface area contributed by atoms with E-state index in [9.17, 15) is 0 Å². The third kappa shape index (κ3) is 3.48. The summed E-state index contributed by atoms with van der Waals surface area (Å²) in [6.45, 7) is 3.45. The Kier molecular flexibility index (Phi) is 5.94. The predicted molar refractivity (Wildman–Crippen MR) is 105 cm³/mol. The first kappa shape index (κ1) is 18.9. The van der Waals surface area contributed by atoms with Crippen LogP contribution in [0.2, 0.25) is 0 Å². The molecule has 0 bridgehead atoms. The molecule has 0 saturated carbocycles. The molecule has 1 aliphatic rings. The molecule has 1 heterocycles. The molecule has 26 heavy (non-hydrogen) atoms. The van der Waals surface area contributed by atoms with Crippen LogP contribution in [-0.4, -0.2) is 34.5 Å². The molecule has 6 heteroatoms. The predicted octanol–water partition coefficient (Wildman–Crippen LogP) is 4.11. The summed E-state index contributed by atoms with van der Waals surface area (Å²) < 4.78 is 23.1. The number of halogens is 1. The van der Waals surface area contributed by atoms with Gasteiger partial charge in [-0.15, -0.1) is 0 Å². The molecule has 0 saturated heterocycles. The topological polar surface area (TPSA) is 49.0 Å². The van der Waals surface area contributed by atoms with E-state index in [0.717, 1.165) is 34.5 Å². The van der Waals surface area contributed by atoms with E-state index >= 15 is 0 Å². The first-order chi connectivity index (χ1) is 12.6. The van der Waals surface area contributed by atoms with Crippen LogP contribution in [0.3, 0.4) is 0 Å². The van der Waals surface area contributed by atoms with Crippen molar-refractivity contribution in [3.05, 3.63) is 45.4 Å². The van der Waals surface area contributed by atoms with E-state index < -0.39 is 0 Å². The van der Waals surface area contributed by atoms with Gasteiger partial charge >= 0.3 is 0 Å². The van der Waals surface area contributed by atoms with Crippen LogP contribution in [0.15, 0.2) is 28.7 Å². The van der Waals surface area contributed by atoms with Crippen molar-refractivity contribution in [1.29, 1.82) is 0 Å². The Morgan fingerprint density at radius 1 is 0.923 bits per heavy atom. The number of hydrogen-bond donors (Lipinski definition) is 1. The van der Waals surface area contributed by atoms with Gasteiger partial charge in [0, 0.05) is 11.0 Å². The molecule has 0 amide bonds. The largest absolute Gasteiger partial charge is 0.493 e. The van der Waals surface area contributed by atoms with Crippen LogP contribution in [0.4, 0.5) is 0 Å². The van der Waals surface area contributed by atoms with E-state index in [1.807, 2.05) is 19.1 Å². The van der Waals surface area contributed by atoms with Crippen molar-refractivity contribution in [2.24, 2.45) is 0 Å². The zero-order valence-electron chi connectivity index (χ0n) is 15.5. The third-order valence-corrected chi connectivity index (χ3v) is 5.28. The van der Waals surface area contributed by atoms with Gasteiger partial charge in [-0.25, -0.2) is 0 Å². The molecule has 2 aromatic carbocycles. The summed E-state index contributed by atoms with van der Waals surface area (Å²) in [7, 11) is 4.96. The highest BCUT2D eigenvalue weighted by Crippen LogP contribution is 2.42. The highest BCUT2D eigenvalue weighted by atomic mass is 79.9. The van der Waals surface area contributed by atoms with Gasteiger partial charge in [0.25, 0.3) is 0 Å². The molecule has 1 unspecified atom stereocenters. The van der Waals surface area contributed by atoms with Crippen molar-refractivity contribution in [3.63, 3.8) is 0 Å². The lowest BCUT2D eigenvalue weighted by atomic mass is 9.89. The summed E-state index contributed by atoms with van der Waals surface area (Å²) in [5, 5.41) is 3.61. The van der Waals surface area contributed by atoms with E-state index in [1.54, 1.807) is 21.3 Å². The van der Waals surface area contributed by atoms with Crippen LogP contribution in [0.5, 0.6) is 23.0 Å². The summed E-state index contributed by atoms with van der Waals surface area (Å²) in [5.74, 6) is 2.94. The van der Waals surface area contributed by atoms with Gasteiger partial charge in [-0.1, -0.05) is 15.9 Å². The number of hydrogen-bond acceptors (Lipinski definition) is 5. The lowest BCUT2D eigenvalue weighted by molar-refractivity contribution is 0.309. The van der Waals surface area contributed by atoms with Gasteiger partial charge in [-0.2, -0.15) is 0 Å². The van der Waals surface area contributed by atoms with Crippen LogP contribution >= 0.6 is 15.9 Å². The minimum atomic E-state index is 0.0260. The highest BCUT2D eigenvalue weighted by molar-refractivity contribution is 9.10. The number of nitrogens with one attached hydrogen (secondary N) is 1. The van der Waals surface area contributed by atoms with Crippen LogP contribution in [0.1, 0.15) is 29.7 Å². The minimum absolute atomic E-state index is 0.0260. The maximum absolute atomic E-state index is 5.78. The minimum Gasteiger partial charge on any atom is -0.493 e. The lowest BCUT2D eigenvalue weighted by Gasteiger charge is -2.29. The number of methoxy groups -OCH3 is 3. The molecule has 2 aromatic rings. The molecule has 1 aliphatic heterocycles. The molecule has 5 nitrogen and oxygen atoms in total. The summed E-state index contributed by atoms with van der Waals surface area (Å²) in [5.41, 5.74) is 3.54. The zero-order valence-corrected chi connectivity index (χ0v) is 17.1. The fraction of sp³-hybridized carbons (Fsp3) is 0.400. The summed E-state index contributed by atoms with van der Waals surface area (Å²) in [6.07, 6.45) is 0.944. The monoisotopic (exact) mass is 421 g/mol. The number of rotatable bonds is 6. The SMILES string of the molecule is CCOc1cc2c(cc1OC)CCNC2c1cc(OC)c(OC)cc1Br. The smallest absolute Gasteiger partial charge is 0.161 e. The lowest BCUT2D eigenvalue weighted by Crippen LogP contribution is -2.31. The van der Waals surface area contributed by atoms with E-state index in [1.165, 1.54) is 11.1 Å². The first-order valence-electron chi connectivity index (χ1n) is 8.61. The van der Waals surface area contributed by atoms with Crippen molar-refractivity contribution in [2.75, 3.05) is 34.5 Å². The Hall–Kier alpha value is -1.92. The molecule has 1 atom stereocenters. The first-order valence-corrected chi connectivity index (χ1v) is 9.40. The molecule has 140 valence electrons. The van der Waals surface area contributed by atoms with E-state index in [4.69, 9.17) is 18.9 Å². The zero-order chi connectivity index (χ0) is 18.7. The number of fused-ring (bicyclic) bond motifs is 1. The molecule has 1 N–H and O–H groups in total. The molecule has 0 spiro atoms. The summed E-state index contributed by atoms with van der Waals surface area (Å²) in [6, 6.07) is 8.15. The van der Waals surface area contributed by atoms with Crippen molar-refractivity contribution in [3.8, 4) is 23.0 Å². The second-order valence-corrected chi connectivity index (χ2v) is 6.86. The maximum atomic E-state index is 5.78. The standard InChI is InChI=1S/C20H24BrNO4/c1-5-26-19-9-13-12(8-16(19)23-2)6-7-22-20(13)14-10-17(24-3)18(25-4)11-15(14)21/h8-11,20,22H,5-7H2,1-4H3. The maximum Gasteiger partial charge on any atom is 0.161 e. The number of benzene rings is 2. The second-order valence-electron chi connectivity index (χ2n) is 6.00. The fourth-order valence-corrected chi connectivity index (χ4v) is 3.91. The van der Waals surface area contributed by atoms with Gasteiger partial charge in [-0.3, -0.25) is 0 Å². The molecular weight excluding hydrogens is 398 g/mol. The van der Waals surface area contributed by atoms with Crippen LogP contribution in [0, 0.1) is 0 Å². The van der Waals surface area contributed by atoms with E-state index in [2.05, 4.69) is 33.4 Å². The highest BCUT2D eigenvalue weighted by Gasteiger charge is 2.26. The Labute approximate surface area is 162 Å². The van der Waals surface area contributed by atoms with Gasteiger partial charge in [0.1, 0.15) is 0 Å². The van der Waals surface area contributed by atoms with Crippen LogP contribution in [-0.2, 0) is 6.42 Å². The molecule has 0 aliphatic carbocycles. The van der Waals surface area contributed by atoms with Gasteiger partial charge in [0.2, 0.25) is 0 Å². The summed E-state index contributed by atoms with van der Waals surface area (Å²) in [4.78, 5) is 0. The molecular formula is C20H24BrNO4. The fourth-order valence-electron chi connectivity index (χ4n) is 3.36. The van der Waals surface area contributed by atoms with Gasteiger partial charge in [-0.05, 0) is 54.3 Å². The normalized spacial score (nSPS) is 16.0. The molecule has 3 rings (SSSR count). The average molecular weight is 422 g/mol. The van der Waals surface area contributed by atoms with Crippen molar-refractivity contribution in [1.82, 2.24) is 5.32 Å². The number of ether oxygens (including phenoxy) is 4. The Bertz CT molecular complexity index is 794. The average Bonchev–Trinajstić information content (AvgIpc) is 2.67. The van der Waals surface area contributed by atoms with Gasteiger partial charge in [0.05, 0.1) is 34.0 Å². The van der Waals surface area contributed by atoms with Crippen LogP contribution < -0.4 is 24.3 Å². The molecule has 0 aromatic heterocycles. The second kappa shape index (κ2) is 8.18. The van der Waals surface area contributed by atoms with Crippen molar-refractivity contribution >= 4 is 15.9 Å². The Morgan fingerprint density at radius 3 is 2.19 bits per heavy atom. The molecule has 0 fully saturated rings. The quantitative estimate of drug-likeness (QED) is 0.760. The van der Waals surface area contributed by atoms with E-state index in [0.29, 0.717) is 18.1 Å². The van der Waals surface area contributed by atoms with Crippen molar-refractivity contribution in [2.45, 2.75) is 19.4 Å². The van der Waals surface area contributed by atoms with Crippen molar-refractivity contribution < 1.29 is 18.9 Å². The summed E-state index contributed by atoms with van der Waals surface area (Å²) >= 11 is 3.68. The van der Waals surface area contributed by atoms with Crippen LogP contribution in [0.25, 0.3) is 0 Å². The Morgan fingerprint density at radius 2 is 1.54 bits per heavy atom. The van der Waals surface area contributed by atoms with Gasteiger partial charge < -0.3 is 24.3 Å². The third-order valence-electron chi connectivity index (χ3n) is 4.59.